The van der Waals surface area contributed by atoms with E-state index >= 15 is 0 Å². The molecule has 2 amide bonds. The number of hydrogen-bond acceptors (Lipinski definition) is 5. The predicted octanol–water partition coefficient (Wildman–Crippen LogP) is 2.29. The highest BCUT2D eigenvalue weighted by Gasteiger charge is 2.36. The Morgan fingerprint density at radius 3 is 2.64 bits per heavy atom. The van der Waals surface area contributed by atoms with Crippen molar-refractivity contribution in [3.8, 4) is 0 Å². The van der Waals surface area contributed by atoms with Crippen LogP contribution in [-0.2, 0) is 19.1 Å². The first-order chi connectivity index (χ1) is 13.4. The monoisotopic (exact) mass is 400 g/mol. The van der Waals surface area contributed by atoms with Crippen LogP contribution in [-0.4, -0.2) is 36.7 Å². The third kappa shape index (κ3) is 4.20. The Bertz CT molecular complexity index is 959. The number of carbonyl (C=O) groups is 4. The van der Waals surface area contributed by atoms with Crippen molar-refractivity contribution in [1.82, 2.24) is 5.32 Å². The molecule has 0 bridgehead atoms. The number of ether oxygens (including phenoxy) is 1. The molecule has 1 N–H and O–H groups in total. The molecule has 0 aliphatic carbocycles. The number of halogens is 1. The van der Waals surface area contributed by atoms with Crippen LogP contribution in [0.15, 0.2) is 48.5 Å². The van der Waals surface area contributed by atoms with Gasteiger partial charge in [0.2, 0.25) is 0 Å². The number of ketones is 1. The lowest BCUT2D eigenvalue weighted by Gasteiger charge is -2.17. The molecule has 0 aromatic heterocycles. The number of benzene rings is 2. The third-order valence-corrected chi connectivity index (χ3v) is 4.49. The van der Waals surface area contributed by atoms with Crippen LogP contribution in [0, 0.1) is 0 Å². The van der Waals surface area contributed by atoms with E-state index in [4.69, 9.17) is 16.3 Å². The maximum Gasteiger partial charge on any atom is 0.326 e. The van der Waals surface area contributed by atoms with Crippen molar-refractivity contribution in [3.05, 3.63) is 64.7 Å². The molecule has 0 saturated heterocycles. The molecule has 3 rings (SSSR count). The average Bonchev–Trinajstić information content (AvgIpc) is 2.91. The molecule has 8 heteroatoms. The van der Waals surface area contributed by atoms with Gasteiger partial charge in [-0.1, -0.05) is 35.9 Å². The molecule has 1 heterocycles. The van der Waals surface area contributed by atoms with E-state index in [1.165, 1.54) is 6.07 Å². The lowest BCUT2D eigenvalue weighted by atomic mass is 10.1. The number of para-hydroxylation sites is 1. The minimum atomic E-state index is -0.794. The van der Waals surface area contributed by atoms with Crippen molar-refractivity contribution in [2.24, 2.45) is 0 Å². The highest BCUT2D eigenvalue weighted by molar-refractivity contribution is 6.52. The molecule has 1 aliphatic rings. The normalized spacial score (nSPS) is 13.9. The van der Waals surface area contributed by atoms with Gasteiger partial charge in [0.15, 0.2) is 6.61 Å². The topological polar surface area (TPSA) is 92.8 Å². The van der Waals surface area contributed by atoms with Crippen LogP contribution in [0.1, 0.15) is 28.9 Å². The summed E-state index contributed by atoms with van der Waals surface area (Å²) in [5.74, 6) is -2.75. The van der Waals surface area contributed by atoms with Crippen LogP contribution in [0.25, 0.3) is 0 Å². The van der Waals surface area contributed by atoms with E-state index in [1.54, 1.807) is 43.3 Å². The third-order valence-electron chi connectivity index (χ3n) is 4.26. The molecule has 2 aromatic rings. The van der Waals surface area contributed by atoms with Crippen molar-refractivity contribution < 1.29 is 23.9 Å². The number of anilines is 1. The standard InChI is InChI=1S/C20H17ClN2O5/c1-12(13-5-4-6-14(21)9-13)22-17(24)11-28-18(25)10-23-16-8-3-2-7-15(16)19(26)20(23)27/h2-9,12H,10-11H2,1H3,(H,22,24)/t12-/m1/s1. The largest absolute Gasteiger partial charge is 0.454 e. The summed E-state index contributed by atoms with van der Waals surface area (Å²) < 4.78 is 4.94. The minimum absolute atomic E-state index is 0.244. The lowest BCUT2D eigenvalue weighted by Crippen LogP contribution is -2.37. The molecule has 0 radical (unpaired) electrons. The van der Waals surface area contributed by atoms with E-state index in [-0.39, 0.29) is 11.6 Å². The maximum absolute atomic E-state index is 12.0. The number of fused-ring (bicyclic) bond motifs is 1. The summed E-state index contributed by atoms with van der Waals surface area (Å²) in [6.07, 6.45) is 0. The number of esters is 1. The number of hydrogen-bond donors (Lipinski definition) is 1. The van der Waals surface area contributed by atoms with Crippen LogP contribution in [0.4, 0.5) is 5.69 Å². The first-order valence-electron chi connectivity index (χ1n) is 8.52. The highest BCUT2D eigenvalue weighted by atomic mass is 35.5. The van der Waals surface area contributed by atoms with Gasteiger partial charge in [0.05, 0.1) is 17.3 Å². The number of Topliss-reactive ketones (excluding diaryl/α,β-unsaturated/α-hetero) is 1. The van der Waals surface area contributed by atoms with Gasteiger partial charge >= 0.3 is 5.97 Å². The quantitative estimate of drug-likeness (QED) is 0.593. The molecule has 7 nitrogen and oxygen atoms in total. The average molecular weight is 401 g/mol. The second kappa shape index (κ2) is 8.22. The van der Waals surface area contributed by atoms with Gasteiger partial charge in [-0.2, -0.15) is 0 Å². The van der Waals surface area contributed by atoms with Gasteiger partial charge in [-0.15, -0.1) is 0 Å². The van der Waals surface area contributed by atoms with Crippen molar-refractivity contribution in [3.63, 3.8) is 0 Å². The van der Waals surface area contributed by atoms with E-state index in [9.17, 15) is 19.2 Å². The van der Waals surface area contributed by atoms with E-state index in [0.29, 0.717) is 10.7 Å². The summed E-state index contributed by atoms with van der Waals surface area (Å²) in [6.45, 7) is 0.830. The van der Waals surface area contributed by atoms with Gasteiger partial charge in [-0.3, -0.25) is 24.1 Å². The Balaban J connectivity index is 1.52. The van der Waals surface area contributed by atoms with Crippen LogP contribution in [0.5, 0.6) is 0 Å². The number of nitrogens with one attached hydrogen (secondary N) is 1. The van der Waals surface area contributed by atoms with Crippen LogP contribution in [0.2, 0.25) is 5.02 Å². The Hall–Kier alpha value is -3.19. The van der Waals surface area contributed by atoms with Crippen LogP contribution in [0.3, 0.4) is 0 Å². The predicted molar refractivity (Wildman–Crippen MR) is 102 cm³/mol. The molecular formula is C20H17ClN2O5. The van der Waals surface area contributed by atoms with Gasteiger partial charge in [-0.25, -0.2) is 0 Å². The fourth-order valence-corrected chi connectivity index (χ4v) is 3.07. The maximum atomic E-state index is 12.0. The van der Waals surface area contributed by atoms with Gasteiger partial charge in [0.25, 0.3) is 17.6 Å². The molecular weight excluding hydrogens is 384 g/mol. The second-order valence-corrected chi connectivity index (χ2v) is 6.68. The molecule has 144 valence electrons. The molecule has 1 aliphatic heterocycles. The zero-order valence-electron chi connectivity index (χ0n) is 15.0. The molecule has 28 heavy (non-hydrogen) atoms. The second-order valence-electron chi connectivity index (χ2n) is 6.24. The fourth-order valence-electron chi connectivity index (χ4n) is 2.87. The van der Waals surface area contributed by atoms with E-state index in [1.807, 2.05) is 6.07 Å². The van der Waals surface area contributed by atoms with Crippen molar-refractivity contribution in [1.29, 1.82) is 0 Å². The molecule has 0 spiro atoms. The van der Waals surface area contributed by atoms with Crippen molar-refractivity contribution in [2.45, 2.75) is 13.0 Å². The summed E-state index contributed by atoms with van der Waals surface area (Å²) >= 11 is 5.93. The van der Waals surface area contributed by atoms with Crippen LogP contribution < -0.4 is 10.2 Å². The summed E-state index contributed by atoms with van der Waals surface area (Å²) in [5.41, 5.74) is 1.41. The Morgan fingerprint density at radius 1 is 1.14 bits per heavy atom. The molecule has 0 fully saturated rings. The Kier molecular flexibility index (Phi) is 5.75. The van der Waals surface area contributed by atoms with Gasteiger partial charge in [0.1, 0.15) is 6.54 Å². The van der Waals surface area contributed by atoms with E-state index in [0.717, 1.165) is 10.5 Å². The summed E-state index contributed by atoms with van der Waals surface area (Å²) in [4.78, 5) is 49.1. The zero-order valence-corrected chi connectivity index (χ0v) is 15.7. The zero-order chi connectivity index (χ0) is 20.3. The first-order valence-corrected chi connectivity index (χ1v) is 8.90. The number of rotatable bonds is 6. The first kappa shape index (κ1) is 19.6. The summed E-state index contributed by atoms with van der Waals surface area (Å²) in [7, 11) is 0. The molecule has 1 atom stereocenters. The fraction of sp³-hybridized carbons (Fsp3) is 0.200. The van der Waals surface area contributed by atoms with E-state index < -0.39 is 36.7 Å². The molecule has 2 aromatic carbocycles. The lowest BCUT2D eigenvalue weighted by molar-refractivity contribution is -0.147. The SMILES string of the molecule is C[C@@H](NC(=O)COC(=O)CN1C(=O)C(=O)c2ccccc21)c1cccc(Cl)c1. The van der Waals surface area contributed by atoms with Crippen molar-refractivity contribution in [2.75, 3.05) is 18.1 Å². The molecule has 0 saturated carbocycles. The van der Waals surface area contributed by atoms with Crippen molar-refractivity contribution >= 4 is 40.9 Å². The number of amides is 2. The van der Waals surface area contributed by atoms with E-state index in [2.05, 4.69) is 5.32 Å². The van der Waals surface area contributed by atoms with Crippen LogP contribution >= 0.6 is 11.6 Å². The van der Waals surface area contributed by atoms with Gasteiger partial charge in [-0.05, 0) is 36.8 Å². The van der Waals surface area contributed by atoms with Gasteiger partial charge in [0, 0.05) is 5.02 Å². The molecule has 0 unspecified atom stereocenters. The summed E-state index contributed by atoms with van der Waals surface area (Å²) in [5, 5.41) is 3.25. The number of carbonyl (C=O) groups excluding carboxylic acids is 4. The smallest absolute Gasteiger partial charge is 0.326 e. The number of nitrogens with zero attached hydrogens (tertiary/aromatic N) is 1. The Morgan fingerprint density at radius 2 is 1.89 bits per heavy atom. The van der Waals surface area contributed by atoms with Gasteiger partial charge < -0.3 is 10.1 Å². The summed E-state index contributed by atoms with van der Waals surface area (Å²) in [6, 6.07) is 13.1. The Labute approximate surface area is 166 Å². The highest BCUT2D eigenvalue weighted by Crippen LogP contribution is 2.28. The minimum Gasteiger partial charge on any atom is -0.454 e.